The lowest BCUT2D eigenvalue weighted by Crippen LogP contribution is -2.55. The van der Waals surface area contributed by atoms with Gasteiger partial charge in [0.2, 0.25) is 0 Å². The van der Waals surface area contributed by atoms with E-state index in [2.05, 4.69) is 69.6 Å². The molecule has 3 rings (SSSR count). The number of aromatic nitrogens is 1. The first kappa shape index (κ1) is 17.9. The Hall–Kier alpha value is -1.95. The largest absolute Gasteiger partial charge is 0.378 e. The van der Waals surface area contributed by atoms with Gasteiger partial charge >= 0.3 is 0 Å². The third kappa shape index (κ3) is 4.78. The monoisotopic (exact) mass is 339 g/mol. The molecule has 1 unspecified atom stereocenters. The van der Waals surface area contributed by atoms with Crippen LogP contribution in [0.4, 0.5) is 5.69 Å². The van der Waals surface area contributed by atoms with E-state index in [0.29, 0.717) is 0 Å². The maximum atomic E-state index is 4.11. The number of hydrogen-bond acceptors (Lipinski definition) is 5. The highest BCUT2D eigenvalue weighted by molar-refractivity contribution is 5.48. The summed E-state index contributed by atoms with van der Waals surface area (Å²) in [4.78, 5) is 4.11. The molecule has 1 fully saturated rings. The van der Waals surface area contributed by atoms with Gasteiger partial charge in [0.1, 0.15) is 0 Å². The Balaban J connectivity index is 1.72. The summed E-state index contributed by atoms with van der Waals surface area (Å²) in [5, 5.41) is 14.4. The van der Waals surface area contributed by atoms with Crippen molar-refractivity contribution in [3.63, 3.8) is 0 Å². The molecule has 1 saturated heterocycles. The van der Waals surface area contributed by atoms with E-state index in [1.54, 1.807) is 0 Å². The predicted octanol–water partition coefficient (Wildman–Crippen LogP) is 2.43. The number of nitrogens with zero attached hydrogens (tertiary/aromatic N) is 1. The number of benzene rings is 1. The van der Waals surface area contributed by atoms with E-state index < -0.39 is 0 Å². The van der Waals surface area contributed by atoms with Gasteiger partial charge in [-0.1, -0.05) is 12.1 Å². The normalized spacial score (nSPS) is 17.8. The molecule has 2 heterocycles. The maximum absolute atomic E-state index is 4.11. The van der Waals surface area contributed by atoms with Crippen LogP contribution in [0.25, 0.3) is 0 Å². The Labute approximate surface area is 150 Å². The Bertz CT molecular complexity index is 652. The number of aryl methyl sites for hydroxylation is 1. The number of pyridine rings is 1. The molecule has 1 aliphatic heterocycles. The highest BCUT2D eigenvalue weighted by Crippen LogP contribution is 2.25. The molecule has 2 aromatic rings. The molecule has 0 aliphatic carbocycles. The van der Waals surface area contributed by atoms with Crippen molar-refractivity contribution in [2.75, 3.05) is 32.0 Å². The summed E-state index contributed by atoms with van der Waals surface area (Å²) in [5.74, 6) is 0. The van der Waals surface area contributed by atoms with Crippen molar-refractivity contribution in [1.82, 2.24) is 20.9 Å². The summed E-state index contributed by atoms with van der Waals surface area (Å²) in [6, 6.07) is 12.7. The third-order valence-corrected chi connectivity index (χ3v) is 4.96. The van der Waals surface area contributed by atoms with E-state index in [4.69, 9.17) is 0 Å². The minimum Gasteiger partial charge on any atom is -0.378 e. The van der Waals surface area contributed by atoms with Crippen molar-refractivity contribution in [2.45, 2.75) is 31.5 Å². The van der Waals surface area contributed by atoms with Crippen molar-refractivity contribution >= 4 is 5.69 Å². The summed E-state index contributed by atoms with van der Waals surface area (Å²) in [7, 11) is 1.99. The highest BCUT2D eigenvalue weighted by atomic mass is 15.1. The zero-order chi connectivity index (χ0) is 17.5. The van der Waals surface area contributed by atoms with Crippen molar-refractivity contribution < 1.29 is 0 Å². The lowest BCUT2D eigenvalue weighted by molar-refractivity contribution is 0.302. The molecule has 0 bridgehead atoms. The maximum Gasteiger partial charge on any atom is 0.0834 e. The van der Waals surface area contributed by atoms with E-state index in [1.807, 2.05) is 19.4 Å². The lowest BCUT2D eigenvalue weighted by Gasteiger charge is -2.40. The van der Waals surface area contributed by atoms with Gasteiger partial charge in [0.05, 0.1) is 11.7 Å². The van der Waals surface area contributed by atoms with Crippen molar-refractivity contribution in [3.05, 3.63) is 59.9 Å². The molecule has 5 heteroatoms. The predicted molar refractivity (Wildman–Crippen MR) is 104 cm³/mol. The molecule has 1 aliphatic rings. The van der Waals surface area contributed by atoms with Gasteiger partial charge in [0, 0.05) is 24.6 Å². The van der Waals surface area contributed by atoms with Crippen LogP contribution in [0, 0.1) is 6.92 Å². The Morgan fingerprint density at radius 3 is 2.60 bits per heavy atom. The van der Waals surface area contributed by atoms with Gasteiger partial charge in [-0.15, -0.1) is 0 Å². The standard InChI is InChI=1S/C20H29N5/c1-16-4-3-5-18(14-16)25-20(8-12-23-13-9-20)15-24-19(21-2)17-6-10-22-11-7-17/h3-7,10-11,14,19,21,23-25H,8-9,12-13,15H2,1-2H3. The molecule has 1 aromatic carbocycles. The van der Waals surface area contributed by atoms with E-state index in [9.17, 15) is 0 Å². The third-order valence-electron chi connectivity index (χ3n) is 4.96. The summed E-state index contributed by atoms with van der Waals surface area (Å²) in [6.45, 7) is 5.12. The van der Waals surface area contributed by atoms with Crippen LogP contribution in [0.2, 0.25) is 0 Å². The van der Waals surface area contributed by atoms with Gasteiger partial charge in [-0.3, -0.25) is 10.3 Å². The topological polar surface area (TPSA) is 61.0 Å². The summed E-state index contributed by atoms with van der Waals surface area (Å²) < 4.78 is 0. The molecule has 0 saturated carbocycles. The van der Waals surface area contributed by atoms with Crippen LogP contribution in [-0.4, -0.2) is 37.2 Å². The first-order valence-electron chi connectivity index (χ1n) is 9.07. The number of nitrogens with one attached hydrogen (secondary N) is 4. The molecule has 0 radical (unpaired) electrons. The fourth-order valence-corrected chi connectivity index (χ4v) is 3.52. The van der Waals surface area contributed by atoms with E-state index in [-0.39, 0.29) is 11.7 Å². The van der Waals surface area contributed by atoms with Gasteiger partial charge in [-0.05, 0) is 75.3 Å². The second-order valence-corrected chi connectivity index (χ2v) is 6.91. The number of rotatable bonds is 7. The van der Waals surface area contributed by atoms with Gasteiger partial charge in [-0.25, -0.2) is 0 Å². The molecule has 0 spiro atoms. The summed E-state index contributed by atoms with van der Waals surface area (Å²) in [6.07, 6.45) is 6.00. The van der Waals surface area contributed by atoms with Gasteiger partial charge in [-0.2, -0.15) is 0 Å². The van der Waals surface area contributed by atoms with Gasteiger partial charge in [0.25, 0.3) is 0 Å². The van der Waals surface area contributed by atoms with Crippen LogP contribution in [-0.2, 0) is 0 Å². The number of anilines is 1. The van der Waals surface area contributed by atoms with Crippen molar-refractivity contribution in [1.29, 1.82) is 0 Å². The zero-order valence-corrected chi connectivity index (χ0v) is 15.2. The minimum absolute atomic E-state index is 0.0567. The molecular formula is C20H29N5. The quantitative estimate of drug-likeness (QED) is 0.584. The number of hydrogen-bond donors (Lipinski definition) is 4. The average molecular weight is 339 g/mol. The summed E-state index contributed by atoms with van der Waals surface area (Å²) >= 11 is 0. The van der Waals surface area contributed by atoms with Gasteiger partial charge < -0.3 is 16.0 Å². The number of piperidine rings is 1. The van der Waals surface area contributed by atoms with Crippen LogP contribution in [0.15, 0.2) is 48.8 Å². The smallest absolute Gasteiger partial charge is 0.0834 e. The van der Waals surface area contributed by atoms with Gasteiger partial charge in [0.15, 0.2) is 0 Å². The second kappa shape index (κ2) is 8.43. The highest BCUT2D eigenvalue weighted by Gasteiger charge is 2.32. The molecule has 0 amide bonds. The fraction of sp³-hybridized carbons (Fsp3) is 0.450. The van der Waals surface area contributed by atoms with Crippen molar-refractivity contribution in [3.8, 4) is 0 Å². The first-order valence-corrected chi connectivity index (χ1v) is 9.07. The second-order valence-electron chi connectivity index (χ2n) is 6.91. The van der Waals surface area contributed by atoms with Crippen LogP contribution in [0.5, 0.6) is 0 Å². The molecule has 4 N–H and O–H groups in total. The molecule has 1 aromatic heterocycles. The van der Waals surface area contributed by atoms with E-state index in [1.165, 1.54) is 16.8 Å². The van der Waals surface area contributed by atoms with Crippen LogP contribution in [0.1, 0.15) is 30.1 Å². The summed E-state index contributed by atoms with van der Waals surface area (Å²) in [5.41, 5.74) is 3.75. The lowest BCUT2D eigenvalue weighted by atomic mass is 9.87. The van der Waals surface area contributed by atoms with Crippen molar-refractivity contribution in [2.24, 2.45) is 0 Å². The van der Waals surface area contributed by atoms with Crippen LogP contribution in [0.3, 0.4) is 0 Å². The zero-order valence-electron chi connectivity index (χ0n) is 15.2. The SMILES string of the molecule is CNC(NCC1(Nc2cccc(C)c2)CCNCC1)c1ccncc1. The first-order chi connectivity index (χ1) is 12.2. The van der Waals surface area contributed by atoms with E-state index in [0.717, 1.165) is 32.5 Å². The molecular weight excluding hydrogens is 310 g/mol. The Kier molecular flexibility index (Phi) is 6.02. The molecule has 5 nitrogen and oxygen atoms in total. The molecule has 134 valence electrons. The molecule has 25 heavy (non-hydrogen) atoms. The minimum atomic E-state index is 0.0567. The fourth-order valence-electron chi connectivity index (χ4n) is 3.52. The molecule has 1 atom stereocenters. The van der Waals surface area contributed by atoms with E-state index >= 15 is 0 Å². The van der Waals surface area contributed by atoms with Crippen LogP contribution >= 0.6 is 0 Å². The Morgan fingerprint density at radius 2 is 1.92 bits per heavy atom. The Morgan fingerprint density at radius 1 is 1.16 bits per heavy atom. The van der Waals surface area contributed by atoms with Crippen LogP contribution < -0.4 is 21.3 Å². The average Bonchev–Trinajstić information content (AvgIpc) is 2.64.